The molecule has 1 aromatic heterocycles. The Hall–Kier alpha value is -1.72. The molecular weight excluding hydrogens is 288 g/mol. The van der Waals surface area contributed by atoms with Crippen molar-refractivity contribution in [2.75, 3.05) is 13.1 Å². The number of benzene rings is 1. The Balaban J connectivity index is 1.96. The molecule has 0 spiro atoms. The van der Waals surface area contributed by atoms with Crippen molar-refractivity contribution in [2.24, 2.45) is 5.73 Å². The van der Waals surface area contributed by atoms with Gasteiger partial charge in [0, 0.05) is 0 Å². The average Bonchev–Trinajstić information content (AvgIpc) is 3.23. The van der Waals surface area contributed by atoms with Crippen LogP contribution in [0.3, 0.4) is 0 Å². The van der Waals surface area contributed by atoms with Gasteiger partial charge in [-0.25, -0.2) is 0 Å². The maximum Gasteiger partial charge on any atom is 0.248 e. The zero-order chi connectivity index (χ0) is 16.3. The lowest BCUT2D eigenvalue weighted by Crippen LogP contribution is -2.34. The second-order valence-electron chi connectivity index (χ2n) is 6.35. The predicted molar refractivity (Wildman–Crippen MR) is 89.8 cm³/mol. The standard InChI is InChI=1S/C18H26N4O/c1-3-22(4-2)15(14-10-6-5-7-11-14)16-20-17(21-23-16)18(19)12-8-9-13-18/h5-7,10-11,15H,3-4,8-9,12-13,19H2,1-2H3. The van der Waals surface area contributed by atoms with E-state index < -0.39 is 5.54 Å². The predicted octanol–water partition coefficient (Wildman–Crippen LogP) is 3.23. The normalized spacial score (nSPS) is 18.4. The van der Waals surface area contributed by atoms with E-state index >= 15 is 0 Å². The summed E-state index contributed by atoms with van der Waals surface area (Å²) in [5.41, 5.74) is 7.23. The topological polar surface area (TPSA) is 68.2 Å². The summed E-state index contributed by atoms with van der Waals surface area (Å²) < 4.78 is 5.66. The number of hydrogen-bond acceptors (Lipinski definition) is 5. The van der Waals surface area contributed by atoms with Gasteiger partial charge in [-0.05, 0) is 31.5 Å². The minimum Gasteiger partial charge on any atom is -0.337 e. The van der Waals surface area contributed by atoms with Crippen molar-refractivity contribution in [1.82, 2.24) is 15.0 Å². The fraction of sp³-hybridized carbons (Fsp3) is 0.556. The summed E-state index contributed by atoms with van der Waals surface area (Å²) in [5.74, 6) is 1.31. The molecule has 5 nitrogen and oxygen atoms in total. The van der Waals surface area contributed by atoms with Crippen molar-refractivity contribution in [3.05, 3.63) is 47.6 Å². The van der Waals surface area contributed by atoms with Gasteiger partial charge in [0.15, 0.2) is 5.82 Å². The number of rotatable bonds is 6. The Bertz CT molecular complexity index is 615. The summed E-state index contributed by atoms with van der Waals surface area (Å²) in [7, 11) is 0. The fourth-order valence-corrected chi connectivity index (χ4v) is 3.51. The lowest BCUT2D eigenvalue weighted by molar-refractivity contribution is 0.204. The highest BCUT2D eigenvalue weighted by Gasteiger charge is 2.37. The first-order chi connectivity index (χ1) is 11.2. The summed E-state index contributed by atoms with van der Waals surface area (Å²) in [5, 5.41) is 4.23. The number of hydrogen-bond donors (Lipinski definition) is 1. The largest absolute Gasteiger partial charge is 0.337 e. The highest BCUT2D eigenvalue weighted by molar-refractivity contribution is 5.24. The molecule has 124 valence electrons. The summed E-state index contributed by atoms with van der Waals surface area (Å²) in [4.78, 5) is 7.04. The van der Waals surface area contributed by atoms with E-state index in [-0.39, 0.29) is 6.04 Å². The fourth-order valence-electron chi connectivity index (χ4n) is 3.51. The first-order valence-electron chi connectivity index (χ1n) is 8.60. The maximum absolute atomic E-state index is 6.48. The van der Waals surface area contributed by atoms with Gasteiger partial charge in [0.25, 0.3) is 0 Å². The van der Waals surface area contributed by atoms with Crippen LogP contribution in [0.25, 0.3) is 0 Å². The van der Waals surface area contributed by atoms with Crippen LogP contribution in [-0.4, -0.2) is 28.1 Å². The first-order valence-corrected chi connectivity index (χ1v) is 8.60. The summed E-state index contributed by atoms with van der Waals surface area (Å²) >= 11 is 0. The van der Waals surface area contributed by atoms with Gasteiger partial charge in [0.2, 0.25) is 5.89 Å². The molecule has 0 saturated heterocycles. The third-order valence-electron chi connectivity index (χ3n) is 4.91. The van der Waals surface area contributed by atoms with Gasteiger partial charge in [-0.2, -0.15) is 4.98 Å². The Morgan fingerprint density at radius 1 is 1.17 bits per heavy atom. The van der Waals surface area contributed by atoms with E-state index in [1.165, 1.54) is 5.56 Å². The van der Waals surface area contributed by atoms with Gasteiger partial charge < -0.3 is 10.3 Å². The van der Waals surface area contributed by atoms with Gasteiger partial charge in [-0.3, -0.25) is 4.90 Å². The van der Waals surface area contributed by atoms with Crippen LogP contribution in [0.5, 0.6) is 0 Å². The molecule has 0 amide bonds. The zero-order valence-electron chi connectivity index (χ0n) is 14.0. The Kier molecular flexibility index (Phi) is 4.78. The molecule has 0 radical (unpaired) electrons. The monoisotopic (exact) mass is 314 g/mol. The molecule has 1 fully saturated rings. The van der Waals surface area contributed by atoms with Crippen molar-refractivity contribution in [3.63, 3.8) is 0 Å². The number of nitrogens with two attached hydrogens (primary N) is 1. The van der Waals surface area contributed by atoms with E-state index in [9.17, 15) is 0 Å². The SMILES string of the molecule is CCN(CC)C(c1ccccc1)c1nc(C2(N)CCCC2)no1. The van der Waals surface area contributed by atoms with E-state index in [4.69, 9.17) is 15.2 Å². The van der Waals surface area contributed by atoms with Crippen molar-refractivity contribution in [3.8, 4) is 0 Å². The molecule has 3 rings (SSSR count). The van der Waals surface area contributed by atoms with Crippen LogP contribution < -0.4 is 5.73 Å². The van der Waals surface area contributed by atoms with Crippen molar-refractivity contribution in [1.29, 1.82) is 0 Å². The van der Waals surface area contributed by atoms with Gasteiger partial charge in [-0.1, -0.05) is 62.2 Å². The van der Waals surface area contributed by atoms with Crippen molar-refractivity contribution < 1.29 is 4.52 Å². The highest BCUT2D eigenvalue weighted by atomic mass is 16.5. The number of aromatic nitrogens is 2. The second-order valence-corrected chi connectivity index (χ2v) is 6.35. The third kappa shape index (κ3) is 3.16. The number of nitrogens with zero attached hydrogens (tertiary/aromatic N) is 3. The lowest BCUT2D eigenvalue weighted by Gasteiger charge is -2.27. The summed E-state index contributed by atoms with van der Waals surface area (Å²) in [6.07, 6.45) is 4.15. The molecule has 0 bridgehead atoms. The molecule has 23 heavy (non-hydrogen) atoms. The zero-order valence-corrected chi connectivity index (χ0v) is 14.0. The van der Waals surface area contributed by atoms with Gasteiger partial charge in [0.05, 0.1) is 5.54 Å². The van der Waals surface area contributed by atoms with Crippen LogP contribution in [0.1, 0.15) is 62.9 Å². The van der Waals surface area contributed by atoms with Gasteiger partial charge in [0.1, 0.15) is 6.04 Å². The lowest BCUT2D eigenvalue weighted by atomic mass is 9.98. The highest BCUT2D eigenvalue weighted by Crippen LogP contribution is 2.36. The molecule has 1 saturated carbocycles. The molecule has 2 N–H and O–H groups in total. The van der Waals surface area contributed by atoms with E-state index in [0.29, 0.717) is 11.7 Å². The van der Waals surface area contributed by atoms with Crippen molar-refractivity contribution >= 4 is 0 Å². The molecular formula is C18H26N4O. The molecule has 1 heterocycles. The van der Waals surface area contributed by atoms with Crippen LogP contribution in [0.2, 0.25) is 0 Å². The molecule has 1 aliphatic rings. The molecule has 1 atom stereocenters. The van der Waals surface area contributed by atoms with Crippen LogP contribution in [0.4, 0.5) is 0 Å². The molecule has 0 aliphatic heterocycles. The van der Waals surface area contributed by atoms with Crippen LogP contribution in [-0.2, 0) is 5.54 Å². The Labute approximate surface area is 137 Å². The van der Waals surface area contributed by atoms with Gasteiger partial charge >= 0.3 is 0 Å². The quantitative estimate of drug-likeness (QED) is 0.886. The van der Waals surface area contributed by atoms with E-state index in [1.807, 2.05) is 18.2 Å². The minimum atomic E-state index is -0.410. The first kappa shape index (κ1) is 16.1. The van der Waals surface area contributed by atoms with E-state index in [2.05, 4.69) is 36.0 Å². The molecule has 1 aliphatic carbocycles. The third-order valence-corrected chi connectivity index (χ3v) is 4.91. The molecule has 1 aromatic carbocycles. The second kappa shape index (κ2) is 6.81. The molecule has 5 heteroatoms. The van der Waals surface area contributed by atoms with Crippen LogP contribution >= 0.6 is 0 Å². The van der Waals surface area contributed by atoms with Crippen LogP contribution in [0.15, 0.2) is 34.9 Å². The van der Waals surface area contributed by atoms with Gasteiger partial charge in [-0.15, -0.1) is 0 Å². The molecule has 2 aromatic rings. The minimum absolute atomic E-state index is 0.0162. The van der Waals surface area contributed by atoms with Crippen molar-refractivity contribution in [2.45, 2.75) is 51.1 Å². The maximum atomic E-state index is 6.48. The Morgan fingerprint density at radius 3 is 2.43 bits per heavy atom. The molecule has 1 unspecified atom stereocenters. The summed E-state index contributed by atoms with van der Waals surface area (Å²) in [6.45, 7) is 6.14. The smallest absolute Gasteiger partial charge is 0.248 e. The van der Waals surface area contributed by atoms with Crippen LogP contribution in [0, 0.1) is 0 Å². The average molecular weight is 314 g/mol. The Morgan fingerprint density at radius 2 is 1.83 bits per heavy atom. The van der Waals surface area contributed by atoms with E-state index in [1.54, 1.807) is 0 Å². The van der Waals surface area contributed by atoms with E-state index in [0.717, 1.165) is 38.8 Å². The summed E-state index contributed by atoms with van der Waals surface area (Å²) in [6, 6.07) is 10.3.